The van der Waals surface area contributed by atoms with Crippen LogP contribution in [0.25, 0.3) is 0 Å². The number of rotatable bonds is 1. The van der Waals surface area contributed by atoms with Gasteiger partial charge in [0.1, 0.15) is 5.67 Å². The van der Waals surface area contributed by atoms with Crippen molar-refractivity contribution in [2.24, 2.45) is 5.73 Å². The van der Waals surface area contributed by atoms with Crippen molar-refractivity contribution in [3.8, 4) is 0 Å². The molecule has 1 nitrogen and oxygen atoms in total. The number of alkyl halides is 1. The summed E-state index contributed by atoms with van der Waals surface area (Å²) in [5.74, 6) is 0. The molecule has 0 spiro atoms. The number of halogens is 1. The van der Waals surface area contributed by atoms with Gasteiger partial charge in [0.15, 0.2) is 0 Å². The van der Waals surface area contributed by atoms with Crippen LogP contribution >= 0.6 is 0 Å². The van der Waals surface area contributed by atoms with Gasteiger partial charge in [-0.15, -0.1) is 0 Å². The van der Waals surface area contributed by atoms with Crippen LogP contribution in [0, 0.1) is 0 Å². The van der Waals surface area contributed by atoms with Crippen LogP contribution in [-0.4, -0.2) is 11.7 Å². The first-order valence-corrected chi connectivity index (χ1v) is 2.60. The Labute approximate surface area is 42.7 Å². The predicted octanol–water partition coefficient (Wildman–Crippen LogP) is 0.836. The Morgan fingerprint density at radius 3 is 2.14 bits per heavy atom. The van der Waals surface area contributed by atoms with Gasteiger partial charge < -0.3 is 5.73 Å². The molecule has 0 unspecified atom stereocenters. The summed E-state index contributed by atoms with van der Waals surface area (Å²) < 4.78 is 12.5. The number of hydrogen-bond donors (Lipinski definition) is 1. The molecule has 1 aliphatic rings. The lowest BCUT2D eigenvalue weighted by Crippen LogP contribution is -2.29. The molecule has 2 N–H and O–H groups in total. The molecule has 0 bridgehead atoms. The second-order valence-electron chi connectivity index (χ2n) is 2.32. The topological polar surface area (TPSA) is 26.0 Å². The Balaban J connectivity index is 2.39. The third-order valence-electron chi connectivity index (χ3n) is 1.54. The van der Waals surface area contributed by atoms with Crippen molar-refractivity contribution in [3.63, 3.8) is 0 Å². The monoisotopic (exact) mass is 103 g/mol. The fourth-order valence-corrected chi connectivity index (χ4v) is 0.575. The van der Waals surface area contributed by atoms with Gasteiger partial charge in [0, 0.05) is 6.04 Å². The maximum Gasteiger partial charge on any atom is 0.126 e. The van der Waals surface area contributed by atoms with Gasteiger partial charge in [0.2, 0.25) is 0 Å². The Hall–Kier alpha value is -0.110. The van der Waals surface area contributed by atoms with Crippen molar-refractivity contribution in [3.05, 3.63) is 0 Å². The van der Waals surface area contributed by atoms with Gasteiger partial charge >= 0.3 is 0 Å². The third kappa shape index (κ3) is 0.752. The van der Waals surface area contributed by atoms with Crippen molar-refractivity contribution in [1.82, 2.24) is 0 Å². The molecule has 0 aromatic rings. The molecule has 1 fully saturated rings. The zero-order chi connectivity index (χ0) is 5.49. The predicted molar refractivity (Wildman–Crippen MR) is 26.7 cm³/mol. The summed E-state index contributed by atoms with van der Waals surface area (Å²) in [5.41, 5.74) is 4.28. The second-order valence-corrected chi connectivity index (χ2v) is 2.32. The molecule has 0 saturated heterocycles. The van der Waals surface area contributed by atoms with Crippen LogP contribution in [0.5, 0.6) is 0 Å². The van der Waals surface area contributed by atoms with Gasteiger partial charge in [-0.1, -0.05) is 0 Å². The van der Waals surface area contributed by atoms with Crippen molar-refractivity contribution in [1.29, 1.82) is 0 Å². The number of nitrogens with two attached hydrogens (primary N) is 1. The van der Waals surface area contributed by atoms with Crippen molar-refractivity contribution in [2.75, 3.05) is 0 Å². The van der Waals surface area contributed by atoms with E-state index in [-0.39, 0.29) is 6.04 Å². The zero-order valence-corrected chi connectivity index (χ0v) is 4.45. The summed E-state index contributed by atoms with van der Waals surface area (Å²) in [4.78, 5) is 0. The van der Waals surface area contributed by atoms with Crippen LogP contribution in [-0.2, 0) is 0 Å². The summed E-state index contributed by atoms with van der Waals surface area (Å²) >= 11 is 0. The first kappa shape index (κ1) is 5.04. The highest BCUT2D eigenvalue weighted by Crippen LogP contribution is 2.41. The van der Waals surface area contributed by atoms with E-state index in [2.05, 4.69) is 0 Å². The van der Waals surface area contributed by atoms with Crippen molar-refractivity contribution < 1.29 is 4.39 Å². The summed E-state index contributed by atoms with van der Waals surface area (Å²) in [6.45, 7) is 1.72. The molecule has 0 heterocycles. The van der Waals surface area contributed by atoms with E-state index in [4.69, 9.17) is 5.73 Å². The highest BCUT2D eigenvalue weighted by Gasteiger charge is 2.46. The van der Waals surface area contributed by atoms with E-state index in [0.29, 0.717) is 12.8 Å². The lowest BCUT2D eigenvalue weighted by Gasteiger charge is -2.06. The standard InChI is InChI=1S/C5H10FN/c1-4(7)5(6)2-3-5/h4H,2-3,7H2,1H3/t4-/m1/s1. The molecule has 0 amide bonds. The van der Waals surface area contributed by atoms with E-state index in [1.54, 1.807) is 6.92 Å². The minimum atomic E-state index is -0.972. The van der Waals surface area contributed by atoms with Gasteiger partial charge in [0.05, 0.1) is 0 Å². The minimum Gasteiger partial charge on any atom is -0.325 e. The molecule has 1 rings (SSSR count). The van der Waals surface area contributed by atoms with E-state index in [1.165, 1.54) is 0 Å². The minimum absolute atomic E-state index is 0.257. The molecule has 1 aliphatic carbocycles. The maximum absolute atomic E-state index is 12.5. The van der Waals surface area contributed by atoms with E-state index in [0.717, 1.165) is 0 Å². The SMILES string of the molecule is C[C@@H](N)C1(F)CC1. The normalized spacial score (nSPS) is 29.6. The molecule has 0 aliphatic heterocycles. The van der Waals surface area contributed by atoms with Gasteiger partial charge in [0.25, 0.3) is 0 Å². The molecule has 7 heavy (non-hydrogen) atoms. The second kappa shape index (κ2) is 1.19. The van der Waals surface area contributed by atoms with Gasteiger partial charge in [-0.2, -0.15) is 0 Å². The van der Waals surface area contributed by atoms with Crippen molar-refractivity contribution in [2.45, 2.75) is 31.5 Å². The summed E-state index contributed by atoms with van der Waals surface area (Å²) in [5, 5.41) is 0. The van der Waals surface area contributed by atoms with E-state index >= 15 is 0 Å². The molecular weight excluding hydrogens is 93.1 g/mol. The van der Waals surface area contributed by atoms with Gasteiger partial charge in [-0.05, 0) is 19.8 Å². The van der Waals surface area contributed by atoms with Crippen molar-refractivity contribution >= 4 is 0 Å². The molecule has 0 radical (unpaired) electrons. The van der Waals surface area contributed by atoms with E-state index in [1.807, 2.05) is 0 Å². The van der Waals surface area contributed by atoms with E-state index in [9.17, 15) is 4.39 Å². The number of hydrogen-bond acceptors (Lipinski definition) is 1. The van der Waals surface area contributed by atoms with Crippen LogP contribution in [0.2, 0.25) is 0 Å². The third-order valence-corrected chi connectivity index (χ3v) is 1.54. The molecule has 1 saturated carbocycles. The first-order valence-electron chi connectivity index (χ1n) is 2.60. The molecule has 2 heteroatoms. The smallest absolute Gasteiger partial charge is 0.126 e. The Kier molecular flexibility index (Phi) is 0.854. The summed E-state index contributed by atoms with van der Waals surface area (Å²) in [7, 11) is 0. The lowest BCUT2D eigenvalue weighted by atomic mass is 10.2. The Bertz CT molecular complexity index is 76.1. The quantitative estimate of drug-likeness (QED) is 0.522. The average Bonchev–Trinajstić information content (AvgIpc) is 2.21. The fourth-order valence-electron chi connectivity index (χ4n) is 0.575. The fraction of sp³-hybridized carbons (Fsp3) is 1.00. The van der Waals surface area contributed by atoms with E-state index < -0.39 is 5.67 Å². The summed E-state index contributed by atoms with van der Waals surface area (Å²) in [6, 6.07) is -0.257. The maximum atomic E-state index is 12.5. The molecule has 0 aromatic heterocycles. The molecular formula is C5H10FN. The molecule has 0 aromatic carbocycles. The van der Waals surface area contributed by atoms with Crippen LogP contribution in [0.1, 0.15) is 19.8 Å². The average molecular weight is 103 g/mol. The highest BCUT2D eigenvalue weighted by atomic mass is 19.1. The van der Waals surface area contributed by atoms with Crippen LogP contribution < -0.4 is 5.73 Å². The van der Waals surface area contributed by atoms with Crippen LogP contribution in [0.4, 0.5) is 4.39 Å². The Morgan fingerprint density at radius 2 is 2.14 bits per heavy atom. The molecule has 1 atom stereocenters. The largest absolute Gasteiger partial charge is 0.325 e. The zero-order valence-electron chi connectivity index (χ0n) is 4.45. The van der Waals surface area contributed by atoms with Crippen LogP contribution in [0.15, 0.2) is 0 Å². The molecule has 42 valence electrons. The van der Waals surface area contributed by atoms with Gasteiger partial charge in [-0.3, -0.25) is 0 Å². The summed E-state index contributed by atoms with van der Waals surface area (Å²) in [6.07, 6.45) is 1.34. The Morgan fingerprint density at radius 1 is 1.71 bits per heavy atom. The van der Waals surface area contributed by atoms with Gasteiger partial charge in [-0.25, -0.2) is 4.39 Å². The van der Waals surface area contributed by atoms with Crippen LogP contribution in [0.3, 0.4) is 0 Å². The highest BCUT2D eigenvalue weighted by molar-refractivity contribution is 5.00. The lowest BCUT2D eigenvalue weighted by molar-refractivity contribution is 0.267. The first-order chi connectivity index (χ1) is 3.15.